The highest BCUT2D eigenvalue weighted by atomic mass is 16.5. The lowest BCUT2D eigenvalue weighted by molar-refractivity contribution is -0.0613. The van der Waals surface area contributed by atoms with Gasteiger partial charge in [0, 0.05) is 52.1 Å². The minimum absolute atomic E-state index is 0.361. The lowest BCUT2D eigenvalue weighted by Crippen LogP contribution is -2.56. The molecule has 0 saturated carbocycles. The second kappa shape index (κ2) is 7.00. The van der Waals surface area contributed by atoms with Crippen molar-refractivity contribution in [1.29, 1.82) is 0 Å². The van der Waals surface area contributed by atoms with E-state index in [9.17, 15) is 5.11 Å². The first-order chi connectivity index (χ1) is 12.8. The molecule has 4 heterocycles. The first-order valence-corrected chi connectivity index (χ1v) is 9.80. The summed E-state index contributed by atoms with van der Waals surface area (Å²) in [5.74, 6) is 3.09. The summed E-state index contributed by atoms with van der Waals surface area (Å²) >= 11 is 0. The number of anilines is 1. The molecule has 2 aromatic heterocycles. The Labute approximate surface area is 160 Å². The fourth-order valence-corrected chi connectivity index (χ4v) is 3.87. The highest BCUT2D eigenvalue weighted by molar-refractivity contribution is 5.84. The third-order valence-electron chi connectivity index (χ3n) is 5.82. The summed E-state index contributed by atoms with van der Waals surface area (Å²) in [4.78, 5) is 18.9. The van der Waals surface area contributed by atoms with Crippen molar-refractivity contribution in [1.82, 2.24) is 24.4 Å². The lowest BCUT2D eigenvalue weighted by Gasteiger charge is -2.45. The van der Waals surface area contributed by atoms with Crippen LogP contribution < -0.4 is 4.90 Å². The van der Waals surface area contributed by atoms with Gasteiger partial charge < -0.3 is 24.2 Å². The van der Waals surface area contributed by atoms with E-state index in [-0.39, 0.29) is 0 Å². The highest BCUT2D eigenvalue weighted by Gasteiger charge is 2.37. The van der Waals surface area contributed by atoms with Gasteiger partial charge in [-0.1, -0.05) is 0 Å². The molecule has 2 aliphatic rings. The normalized spacial score (nSPS) is 19.7. The van der Waals surface area contributed by atoms with Gasteiger partial charge in [0.25, 0.3) is 0 Å². The molecule has 2 aromatic rings. The van der Waals surface area contributed by atoms with Crippen LogP contribution in [-0.2, 0) is 18.2 Å². The fourth-order valence-electron chi connectivity index (χ4n) is 3.87. The molecule has 0 amide bonds. The lowest BCUT2D eigenvalue weighted by atomic mass is 9.84. The summed E-state index contributed by atoms with van der Waals surface area (Å²) in [5.41, 5.74) is 1.20. The minimum atomic E-state index is -0.589. The van der Waals surface area contributed by atoms with Gasteiger partial charge >= 0.3 is 0 Å². The smallest absolute Gasteiger partial charge is 0.165 e. The molecule has 4 rings (SSSR count). The Balaban J connectivity index is 1.52. The van der Waals surface area contributed by atoms with Crippen LogP contribution in [0.5, 0.6) is 0 Å². The zero-order chi connectivity index (χ0) is 19.2. The molecule has 0 aliphatic carbocycles. The first-order valence-electron chi connectivity index (χ1n) is 9.80. The van der Waals surface area contributed by atoms with Crippen molar-refractivity contribution in [3.63, 3.8) is 0 Å². The quantitative estimate of drug-likeness (QED) is 0.827. The van der Waals surface area contributed by atoms with Crippen LogP contribution in [0, 0.1) is 12.8 Å². The van der Waals surface area contributed by atoms with Crippen LogP contribution in [0.15, 0.2) is 0 Å². The Morgan fingerprint density at radius 1 is 1.15 bits per heavy atom. The van der Waals surface area contributed by atoms with Crippen LogP contribution in [0.25, 0.3) is 11.2 Å². The molecule has 0 aromatic carbocycles. The molecule has 8 nitrogen and oxygen atoms in total. The van der Waals surface area contributed by atoms with Crippen LogP contribution in [0.3, 0.4) is 0 Å². The maximum Gasteiger partial charge on any atom is 0.165 e. The van der Waals surface area contributed by atoms with Crippen LogP contribution in [-0.4, -0.2) is 81.1 Å². The molecule has 1 N–H and O–H groups in total. The zero-order valence-electron chi connectivity index (χ0n) is 16.8. The molecule has 8 heteroatoms. The minimum Gasteiger partial charge on any atom is -0.390 e. The van der Waals surface area contributed by atoms with Gasteiger partial charge in [-0.25, -0.2) is 15.0 Å². The molecule has 2 fully saturated rings. The molecule has 27 heavy (non-hydrogen) atoms. The van der Waals surface area contributed by atoms with Crippen LogP contribution in [0.1, 0.15) is 25.5 Å². The van der Waals surface area contributed by atoms with E-state index in [1.54, 1.807) is 0 Å². The van der Waals surface area contributed by atoms with Gasteiger partial charge in [-0.3, -0.25) is 0 Å². The number of ether oxygens (including phenoxy) is 1. The van der Waals surface area contributed by atoms with Gasteiger partial charge in [0.2, 0.25) is 0 Å². The number of likely N-dealkylation sites (tertiary alicyclic amines) is 1. The monoisotopic (exact) mass is 374 g/mol. The molecule has 0 spiro atoms. The number of aromatic nitrogens is 4. The van der Waals surface area contributed by atoms with Crippen molar-refractivity contribution in [2.45, 2.75) is 32.8 Å². The van der Waals surface area contributed by atoms with E-state index in [2.05, 4.69) is 24.3 Å². The van der Waals surface area contributed by atoms with E-state index >= 15 is 0 Å². The van der Waals surface area contributed by atoms with Crippen molar-refractivity contribution < 1.29 is 9.84 Å². The fraction of sp³-hybridized carbons (Fsp3) is 0.737. The average Bonchev–Trinajstić information content (AvgIpc) is 2.89. The molecule has 148 valence electrons. The second-order valence-electron chi connectivity index (χ2n) is 8.31. The molecule has 2 aliphatic heterocycles. The molecule has 0 bridgehead atoms. The Morgan fingerprint density at radius 2 is 1.85 bits per heavy atom. The predicted octanol–water partition coefficient (Wildman–Crippen LogP) is 0.754. The molecule has 0 radical (unpaired) electrons. The first kappa shape index (κ1) is 18.6. The van der Waals surface area contributed by atoms with Crippen LogP contribution in [0.4, 0.5) is 5.82 Å². The van der Waals surface area contributed by atoms with Gasteiger partial charge in [0.1, 0.15) is 11.6 Å². The van der Waals surface area contributed by atoms with Crippen molar-refractivity contribution in [3.8, 4) is 0 Å². The summed E-state index contributed by atoms with van der Waals surface area (Å²) in [6.45, 7) is 11.7. The topological polar surface area (TPSA) is 79.5 Å². The number of nitrogens with zero attached hydrogens (tertiary/aromatic N) is 6. The van der Waals surface area contributed by atoms with E-state index in [4.69, 9.17) is 9.72 Å². The third-order valence-corrected chi connectivity index (χ3v) is 5.82. The summed E-state index contributed by atoms with van der Waals surface area (Å²) in [7, 11) is 2.04. The maximum absolute atomic E-state index is 10.1. The Morgan fingerprint density at radius 3 is 2.52 bits per heavy atom. The standard InChI is InChI=1S/C19H30N6O2/c1-13-20-17-16(18(21-13)25-7-9-27-10-8-25)22-15(23(17)4)5-6-24-11-14(12-24)19(2,3)26/h14,26H,5-12H2,1-4H3. The number of fused-ring (bicyclic) bond motifs is 1. The SMILES string of the molecule is Cc1nc(N2CCOCC2)c2nc(CCN3CC(C(C)(C)O)C3)n(C)c2n1. The van der Waals surface area contributed by atoms with E-state index in [0.29, 0.717) is 5.92 Å². The van der Waals surface area contributed by atoms with E-state index in [1.807, 2.05) is 27.8 Å². The molecular weight excluding hydrogens is 344 g/mol. The second-order valence-corrected chi connectivity index (χ2v) is 8.31. The number of hydrogen-bond acceptors (Lipinski definition) is 7. The van der Waals surface area contributed by atoms with E-state index < -0.39 is 5.60 Å². The van der Waals surface area contributed by atoms with E-state index in [1.165, 1.54) is 0 Å². The van der Waals surface area contributed by atoms with Gasteiger partial charge in [0.05, 0.1) is 18.8 Å². The molecule has 2 saturated heterocycles. The zero-order valence-corrected chi connectivity index (χ0v) is 16.8. The molecule has 0 unspecified atom stereocenters. The molecular formula is C19H30N6O2. The Hall–Kier alpha value is -1.77. The van der Waals surface area contributed by atoms with Crippen LogP contribution in [0.2, 0.25) is 0 Å². The molecule has 0 atom stereocenters. The van der Waals surface area contributed by atoms with Gasteiger partial charge in [-0.05, 0) is 20.8 Å². The number of morpholine rings is 1. The number of imidazole rings is 1. The number of hydrogen-bond donors (Lipinski definition) is 1. The van der Waals surface area contributed by atoms with Crippen molar-refractivity contribution in [2.24, 2.45) is 13.0 Å². The Bertz CT molecular complexity index is 816. The number of aliphatic hydroxyl groups is 1. The largest absolute Gasteiger partial charge is 0.390 e. The number of rotatable bonds is 5. The van der Waals surface area contributed by atoms with Crippen molar-refractivity contribution in [2.75, 3.05) is 50.8 Å². The summed E-state index contributed by atoms with van der Waals surface area (Å²) in [5, 5.41) is 10.1. The summed E-state index contributed by atoms with van der Waals surface area (Å²) < 4.78 is 7.57. The highest BCUT2D eigenvalue weighted by Crippen LogP contribution is 2.28. The maximum atomic E-state index is 10.1. The Kier molecular flexibility index (Phi) is 4.82. The predicted molar refractivity (Wildman–Crippen MR) is 104 cm³/mol. The van der Waals surface area contributed by atoms with Crippen molar-refractivity contribution >= 4 is 17.0 Å². The average molecular weight is 374 g/mol. The van der Waals surface area contributed by atoms with Crippen LogP contribution >= 0.6 is 0 Å². The van der Waals surface area contributed by atoms with E-state index in [0.717, 1.165) is 81.0 Å². The van der Waals surface area contributed by atoms with Gasteiger partial charge in [-0.2, -0.15) is 0 Å². The number of aryl methyl sites for hydroxylation is 2. The van der Waals surface area contributed by atoms with Gasteiger partial charge in [-0.15, -0.1) is 0 Å². The summed E-state index contributed by atoms with van der Waals surface area (Å²) in [6.07, 6.45) is 0.868. The van der Waals surface area contributed by atoms with Gasteiger partial charge in [0.15, 0.2) is 17.0 Å². The van der Waals surface area contributed by atoms with Crippen molar-refractivity contribution in [3.05, 3.63) is 11.6 Å². The summed E-state index contributed by atoms with van der Waals surface area (Å²) in [6, 6.07) is 0. The third kappa shape index (κ3) is 3.66.